The number of aliphatic hydroxyl groups excluding tert-OH is 1. The summed E-state index contributed by atoms with van der Waals surface area (Å²) in [5.41, 5.74) is 2.00. The maximum Gasteiger partial charge on any atom is 0.0782 e. The van der Waals surface area contributed by atoms with Gasteiger partial charge in [0.2, 0.25) is 0 Å². The van der Waals surface area contributed by atoms with E-state index < -0.39 is 6.10 Å². The second kappa shape index (κ2) is 3.16. The van der Waals surface area contributed by atoms with Gasteiger partial charge in [-0.2, -0.15) is 0 Å². The Morgan fingerprint density at radius 1 is 1.46 bits per heavy atom. The number of hydrogen-bond acceptors (Lipinski definition) is 1. The zero-order valence-electron chi connectivity index (χ0n) is 7.21. The van der Waals surface area contributed by atoms with Crippen molar-refractivity contribution in [3.05, 3.63) is 34.4 Å². The highest BCUT2D eigenvalue weighted by molar-refractivity contribution is 9.10. The van der Waals surface area contributed by atoms with E-state index in [1.165, 1.54) is 0 Å². The van der Waals surface area contributed by atoms with Crippen LogP contribution in [0.25, 0.3) is 10.9 Å². The van der Waals surface area contributed by atoms with Crippen LogP contribution in [0.3, 0.4) is 0 Å². The molecule has 0 spiro atoms. The molecule has 0 aliphatic carbocycles. The Morgan fingerprint density at radius 3 is 2.92 bits per heavy atom. The molecule has 0 aliphatic heterocycles. The number of aromatic nitrogens is 1. The first-order valence-electron chi connectivity index (χ1n) is 4.13. The van der Waals surface area contributed by atoms with Gasteiger partial charge in [0.15, 0.2) is 0 Å². The summed E-state index contributed by atoms with van der Waals surface area (Å²) in [4.78, 5) is 3.12. The topological polar surface area (TPSA) is 36.0 Å². The second-order valence-corrected chi connectivity index (χ2v) is 4.03. The van der Waals surface area contributed by atoms with E-state index in [1.54, 1.807) is 6.92 Å². The summed E-state index contributed by atoms with van der Waals surface area (Å²) in [5, 5.41) is 10.5. The van der Waals surface area contributed by atoms with Crippen molar-refractivity contribution in [2.75, 3.05) is 0 Å². The minimum absolute atomic E-state index is 0.428. The maximum atomic E-state index is 9.47. The lowest BCUT2D eigenvalue weighted by atomic mass is 10.1. The van der Waals surface area contributed by atoms with Gasteiger partial charge >= 0.3 is 0 Å². The van der Waals surface area contributed by atoms with Crippen molar-refractivity contribution in [2.24, 2.45) is 0 Å². The molecule has 3 heteroatoms. The molecule has 1 heterocycles. The van der Waals surface area contributed by atoms with Crippen molar-refractivity contribution in [3.8, 4) is 0 Å². The number of fused-ring (bicyclic) bond motifs is 1. The summed E-state index contributed by atoms with van der Waals surface area (Å²) in [6.45, 7) is 1.77. The van der Waals surface area contributed by atoms with Crippen LogP contribution >= 0.6 is 15.9 Å². The summed E-state index contributed by atoms with van der Waals surface area (Å²) in [5.74, 6) is 0. The molecule has 0 bridgehead atoms. The molecular formula is C10H10BrNO. The molecule has 2 aromatic rings. The van der Waals surface area contributed by atoms with Gasteiger partial charge in [-0.25, -0.2) is 0 Å². The molecule has 68 valence electrons. The monoisotopic (exact) mass is 239 g/mol. The first kappa shape index (κ1) is 8.78. The van der Waals surface area contributed by atoms with Crippen molar-refractivity contribution >= 4 is 26.8 Å². The highest BCUT2D eigenvalue weighted by atomic mass is 79.9. The van der Waals surface area contributed by atoms with Gasteiger partial charge in [0.1, 0.15) is 0 Å². The average Bonchev–Trinajstić information content (AvgIpc) is 2.46. The molecule has 0 fully saturated rings. The lowest BCUT2D eigenvalue weighted by Gasteiger charge is -2.01. The molecule has 13 heavy (non-hydrogen) atoms. The standard InChI is InChI=1S/C10H10BrNO/c1-6(13)9-5-12-10-3-2-7(11)4-8(9)10/h2-6,12-13H,1H3. The van der Waals surface area contributed by atoms with E-state index in [4.69, 9.17) is 0 Å². The van der Waals surface area contributed by atoms with Crippen molar-refractivity contribution in [1.29, 1.82) is 0 Å². The summed E-state index contributed by atoms with van der Waals surface area (Å²) in [7, 11) is 0. The van der Waals surface area contributed by atoms with Gasteiger partial charge in [-0.1, -0.05) is 15.9 Å². The van der Waals surface area contributed by atoms with Crippen molar-refractivity contribution in [1.82, 2.24) is 4.98 Å². The number of hydrogen-bond donors (Lipinski definition) is 2. The maximum absolute atomic E-state index is 9.47. The van der Waals surface area contributed by atoms with E-state index in [1.807, 2.05) is 24.4 Å². The Labute approximate surface area is 84.7 Å². The van der Waals surface area contributed by atoms with Crippen LogP contribution in [0.2, 0.25) is 0 Å². The third-order valence-electron chi connectivity index (χ3n) is 2.13. The Balaban J connectivity index is 2.71. The molecule has 2 nitrogen and oxygen atoms in total. The summed E-state index contributed by atoms with van der Waals surface area (Å²) in [6, 6.07) is 5.98. The molecule has 0 saturated heterocycles. The third kappa shape index (κ3) is 1.49. The third-order valence-corrected chi connectivity index (χ3v) is 2.62. The van der Waals surface area contributed by atoms with E-state index in [2.05, 4.69) is 20.9 Å². The molecule has 1 atom stereocenters. The lowest BCUT2D eigenvalue weighted by Crippen LogP contribution is -1.87. The lowest BCUT2D eigenvalue weighted by molar-refractivity contribution is 0.201. The van der Waals surface area contributed by atoms with E-state index >= 15 is 0 Å². The van der Waals surface area contributed by atoms with Crippen molar-refractivity contribution < 1.29 is 5.11 Å². The predicted octanol–water partition coefficient (Wildman–Crippen LogP) is 2.98. The molecule has 1 aromatic heterocycles. The van der Waals surface area contributed by atoms with Crippen LogP contribution in [0.5, 0.6) is 0 Å². The van der Waals surface area contributed by atoms with E-state index in [9.17, 15) is 5.11 Å². The van der Waals surface area contributed by atoms with Crippen LogP contribution in [0.1, 0.15) is 18.6 Å². The molecule has 1 aromatic carbocycles. The first-order valence-corrected chi connectivity index (χ1v) is 4.92. The number of aromatic amines is 1. The zero-order chi connectivity index (χ0) is 9.42. The van der Waals surface area contributed by atoms with Crippen molar-refractivity contribution in [2.45, 2.75) is 13.0 Å². The molecule has 0 amide bonds. The van der Waals surface area contributed by atoms with Gasteiger partial charge in [0.05, 0.1) is 6.10 Å². The average molecular weight is 240 g/mol. The molecule has 1 unspecified atom stereocenters. The molecule has 0 saturated carbocycles. The van der Waals surface area contributed by atoms with E-state index in [0.717, 1.165) is 20.9 Å². The Hall–Kier alpha value is -0.800. The van der Waals surface area contributed by atoms with Gasteiger partial charge in [-0.15, -0.1) is 0 Å². The highest BCUT2D eigenvalue weighted by Crippen LogP contribution is 2.26. The summed E-state index contributed by atoms with van der Waals surface area (Å²) in [6.07, 6.45) is 1.42. The second-order valence-electron chi connectivity index (χ2n) is 3.11. The number of nitrogens with one attached hydrogen (secondary N) is 1. The van der Waals surface area contributed by atoms with Gasteiger partial charge < -0.3 is 10.1 Å². The highest BCUT2D eigenvalue weighted by Gasteiger charge is 2.07. The van der Waals surface area contributed by atoms with Crippen LogP contribution in [-0.2, 0) is 0 Å². The number of aliphatic hydroxyl groups is 1. The van der Waals surface area contributed by atoms with Crippen molar-refractivity contribution in [3.63, 3.8) is 0 Å². The number of halogens is 1. The quantitative estimate of drug-likeness (QED) is 0.789. The predicted molar refractivity (Wildman–Crippen MR) is 56.6 cm³/mol. The fourth-order valence-corrected chi connectivity index (χ4v) is 1.82. The SMILES string of the molecule is CC(O)c1c[nH]c2ccc(Br)cc12. The Kier molecular flexibility index (Phi) is 2.14. The number of H-pyrrole nitrogens is 1. The van der Waals surface area contributed by atoms with E-state index in [0.29, 0.717) is 0 Å². The van der Waals surface area contributed by atoms with Gasteiger partial charge in [0, 0.05) is 27.1 Å². The smallest absolute Gasteiger partial charge is 0.0782 e. The van der Waals surface area contributed by atoms with Crippen LogP contribution in [0.4, 0.5) is 0 Å². The minimum Gasteiger partial charge on any atom is -0.389 e. The fraction of sp³-hybridized carbons (Fsp3) is 0.200. The molecular weight excluding hydrogens is 230 g/mol. The first-order chi connectivity index (χ1) is 6.18. The van der Waals surface area contributed by atoms with E-state index in [-0.39, 0.29) is 0 Å². The normalized spacial score (nSPS) is 13.5. The van der Waals surface area contributed by atoms with Gasteiger partial charge in [-0.3, -0.25) is 0 Å². The van der Waals surface area contributed by atoms with Crippen LogP contribution in [0, 0.1) is 0 Å². The Morgan fingerprint density at radius 2 is 2.23 bits per heavy atom. The Bertz CT molecular complexity index is 433. The minimum atomic E-state index is -0.428. The van der Waals surface area contributed by atoms with Crippen LogP contribution in [0.15, 0.2) is 28.9 Å². The summed E-state index contributed by atoms with van der Waals surface area (Å²) >= 11 is 3.40. The molecule has 2 N–H and O–H groups in total. The van der Waals surface area contributed by atoms with Crippen LogP contribution in [-0.4, -0.2) is 10.1 Å². The van der Waals surface area contributed by atoms with Crippen LogP contribution < -0.4 is 0 Å². The largest absolute Gasteiger partial charge is 0.389 e. The van der Waals surface area contributed by atoms with Gasteiger partial charge in [0.25, 0.3) is 0 Å². The number of rotatable bonds is 1. The fourth-order valence-electron chi connectivity index (χ4n) is 1.46. The molecule has 2 rings (SSSR count). The molecule has 0 aliphatic rings. The molecule has 0 radical (unpaired) electrons. The van der Waals surface area contributed by atoms with Gasteiger partial charge in [-0.05, 0) is 25.1 Å². The summed E-state index contributed by atoms with van der Waals surface area (Å²) < 4.78 is 1.03. The number of benzene rings is 1. The zero-order valence-corrected chi connectivity index (χ0v) is 8.80.